The van der Waals surface area contributed by atoms with Crippen LogP contribution >= 0.6 is 0 Å². The number of anilines is 2. The summed E-state index contributed by atoms with van der Waals surface area (Å²) in [4.78, 5) is 34.2. The Bertz CT molecular complexity index is 2020. The van der Waals surface area contributed by atoms with Gasteiger partial charge in [0.05, 0.1) is 38.0 Å². The molecule has 260 valence electrons. The van der Waals surface area contributed by atoms with Crippen LogP contribution in [-0.4, -0.2) is 64.3 Å². The Hall–Kier alpha value is -6.10. The number of aromatic nitrogens is 5. The molecule has 3 heterocycles. The van der Waals surface area contributed by atoms with Crippen LogP contribution in [0.3, 0.4) is 0 Å². The average molecular weight is 683 g/mol. The highest BCUT2D eigenvalue weighted by atomic mass is 16.5. The molecule has 1 atom stereocenters. The molecule has 0 aliphatic carbocycles. The van der Waals surface area contributed by atoms with E-state index < -0.39 is 6.04 Å². The smallest absolute Gasteiger partial charge is 0.254 e. The first-order valence-corrected chi connectivity index (χ1v) is 16.7. The molecule has 0 radical (unpaired) electrons. The molecule has 0 fully saturated rings. The first-order valence-electron chi connectivity index (χ1n) is 16.7. The fraction of sp³-hybridized carbons (Fsp3) is 0.250. The number of aryl methyl sites for hydroxylation is 1. The molecule has 6 rings (SSSR count). The van der Waals surface area contributed by atoms with Crippen molar-refractivity contribution in [3.05, 3.63) is 137 Å². The Morgan fingerprint density at radius 2 is 1.39 bits per heavy atom. The molecule has 0 saturated heterocycles. The molecule has 0 N–H and O–H groups in total. The summed E-state index contributed by atoms with van der Waals surface area (Å²) in [5.41, 5.74) is 5.23. The van der Waals surface area contributed by atoms with Crippen LogP contribution < -0.4 is 19.3 Å². The largest absolute Gasteiger partial charge is 0.497 e. The highest BCUT2D eigenvalue weighted by Crippen LogP contribution is 2.29. The Morgan fingerprint density at radius 1 is 0.765 bits per heavy atom. The zero-order valence-corrected chi connectivity index (χ0v) is 29.8. The van der Waals surface area contributed by atoms with Crippen molar-refractivity contribution in [2.24, 2.45) is 0 Å². The summed E-state index contributed by atoms with van der Waals surface area (Å²) in [6.07, 6.45) is 3.36. The van der Waals surface area contributed by atoms with Crippen molar-refractivity contribution in [2.45, 2.75) is 39.5 Å². The van der Waals surface area contributed by atoms with Gasteiger partial charge in [-0.3, -0.25) is 4.79 Å². The molecule has 1 amide bonds. The minimum absolute atomic E-state index is 0.169. The second-order valence-corrected chi connectivity index (χ2v) is 12.6. The molecular weight excluding hydrogens is 640 g/mol. The number of methoxy groups -OCH3 is 2. The van der Waals surface area contributed by atoms with Gasteiger partial charge in [0.25, 0.3) is 5.91 Å². The summed E-state index contributed by atoms with van der Waals surface area (Å²) < 4.78 is 10.8. The number of fused-ring (bicyclic) bond motifs is 1. The Kier molecular flexibility index (Phi) is 10.6. The van der Waals surface area contributed by atoms with E-state index in [1.54, 1.807) is 37.6 Å². The average Bonchev–Trinajstić information content (AvgIpc) is 3.16. The van der Waals surface area contributed by atoms with Crippen molar-refractivity contribution < 1.29 is 14.3 Å². The Labute approximate surface area is 298 Å². The molecule has 0 spiro atoms. The van der Waals surface area contributed by atoms with Gasteiger partial charge in [-0.15, -0.1) is 5.10 Å². The number of hydrogen-bond donors (Lipinski definition) is 0. The van der Waals surface area contributed by atoms with Crippen LogP contribution in [-0.2, 0) is 19.6 Å². The van der Waals surface area contributed by atoms with Crippen molar-refractivity contribution in [1.82, 2.24) is 30.0 Å². The van der Waals surface area contributed by atoms with Gasteiger partial charge in [0.15, 0.2) is 5.82 Å². The van der Waals surface area contributed by atoms with Gasteiger partial charge < -0.3 is 24.2 Å². The topological polar surface area (TPSA) is 110 Å². The molecule has 3 aromatic carbocycles. The van der Waals surface area contributed by atoms with Gasteiger partial charge in [0.1, 0.15) is 23.1 Å². The maximum absolute atomic E-state index is 14.3. The standard InChI is InChI=1S/C40H42N8O3/c1-27-22-32-23-31(40(49)48(28(2)38-41-20-7-21-42-38)26-33-13-19-37(45-44-33)46(3)4)12-18-36(32)43-39(27)47(24-29-8-14-34(50-5)15-9-29)25-30-10-16-35(51-6)17-11-30/h7-23,28H,24-26H2,1-6H3/t28-/m1/s1. The number of carbonyl (C=O) groups excluding carboxylic acids is 1. The Balaban J connectivity index is 1.32. The number of rotatable bonds is 13. The molecule has 0 aliphatic rings. The summed E-state index contributed by atoms with van der Waals surface area (Å²) in [7, 11) is 7.15. The van der Waals surface area contributed by atoms with E-state index in [1.807, 2.05) is 80.5 Å². The van der Waals surface area contributed by atoms with Gasteiger partial charge in [0.2, 0.25) is 0 Å². The molecule has 51 heavy (non-hydrogen) atoms. The molecule has 0 unspecified atom stereocenters. The third-order valence-corrected chi connectivity index (χ3v) is 8.77. The van der Waals surface area contributed by atoms with Crippen LogP contribution in [0, 0.1) is 6.92 Å². The maximum atomic E-state index is 14.3. The summed E-state index contributed by atoms with van der Waals surface area (Å²) >= 11 is 0. The van der Waals surface area contributed by atoms with Crippen molar-refractivity contribution in [3.8, 4) is 11.5 Å². The molecule has 0 aliphatic heterocycles. The molecule has 0 bridgehead atoms. The van der Waals surface area contributed by atoms with Crippen molar-refractivity contribution in [1.29, 1.82) is 0 Å². The predicted molar refractivity (Wildman–Crippen MR) is 199 cm³/mol. The van der Waals surface area contributed by atoms with Gasteiger partial charge in [0, 0.05) is 50.5 Å². The van der Waals surface area contributed by atoms with Crippen molar-refractivity contribution >= 4 is 28.4 Å². The quantitative estimate of drug-likeness (QED) is 0.129. The lowest BCUT2D eigenvalue weighted by molar-refractivity contribution is 0.0663. The zero-order chi connectivity index (χ0) is 35.9. The van der Waals surface area contributed by atoms with E-state index in [0.717, 1.165) is 50.7 Å². The van der Waals surface area contributed by atoms with Gasteiger partial charge in [-0.1, -0.05) is 24.3 Å². The number of benzene rings is 3. The number of hydrogen-bond acceptors (Lipinski definition) is 10. The van der Waals surface area contributed by atoms with E-state index >= 15 is 0 Å². The predicted octanol–water partition coefficient (Wildman–Crippen LogP) is 6.82. The fourth-order valence-electron chi connectivity index (χ4n) is 5.90. The second kappa shape index (κ2) is 15.6. The summed E-state index contributed by atoms with van der Waals surface area (Å²) in [6, 6.07) is 29.1. The van der Waals surface area contributed by atoms with Gasteiger partial charge in [-0.05, 0) is 97.3 Å². The molecular formula is C40H42N8O3. The normalized spacial score (nSPS) is 11.6. The van der Waals surface area contributed by atoms with Crippen molar-refractivity contribution in [3.63, 3.8) is 0 Å². The van der Waals surface area contributed by atoms with E-state index in [9.17, 15) is 4.79 Å². The van der Waals surface area contributed by atoms with Crippen molar-refractivity contribution in [2.75, 3.05) is 38.1 Å². The SMILES string of the molecule is COc1ccc(CN(Cc2ccc(OC)cc2)c2nc3ccc(C(=O)N(Cc4ccc(N(C)C)nn4)[C@H](C)c4ncccn4)cc3cc2C)cc1. The first kappa shape index (κ1) is 34.8. The maximum Gasteiger partial charge on any atom is 0.254 e. The zero-order valence-electron chi connectivity index (χ0n) is 29.8. The molecule has 3 aromatic heterocycles. The van der Waals surface area contributed by atoms with E-state index in [1.165, 1.54) is 0 Å². The highest BCUT2D eigenvalue weighted by molar-refractivity contribution is 5.98. The summed E-state index contributed by atoms with van der Waals surface area (Å²) in [6.45, 7) is 5.49. The highest BCUT2D eigenvalue weighted by Gasteiger charge is 2.26. The number of carbonyl (C=O) groups is 1. The van der Waals surface area contributed by atoms with Gasteiger partial charge in [-0.25, -0.2) is 15.0 Å². The first-order chi connectivity index (χ1) is 24.7. The number of pyridine rings is 1. The minimum atomic E-state index is -0.420. The Morgan fingerprint density at radius 3 is 1.94 bits per heavy atom. The minimum Gasteiger partial charge on any atom is -0.497 e. The van der Waals surface area contributed by atoms with Gasteiger partial charge in [-0.2, -0.15) is 5.10 Å². The van der Waals surface area contributed by atoms with E-state index in [-0.39, 0.29) is 12.5 Å². The third kappa shape index (κ3) is 8.21. The summed E-state index contributed by atoms with van der Waals surface area (Å²) in [5.74, 6) is 3.59. The molecule has 11 nitrogen and oxygen atoms in total. The van der Waals surface area contributed by atoms with Crippen LogP contribution in [0.5, 0.6) is 11.5 Å². The molecule has 0 saturated carbocycles. The summed E-state index contributed by atoms with van der Waals surface area (Å²) in [5, 5.41) is 9.59. The monoisotopic (exact) mass is 682 g/mol. The molecule has 11 heteroatoms. The van der Waals surface area contributed by atoms with E-state index in [2.05, 4.69) is 62.3 Å². The second-order valence-electron chi connectivity index (χ2n) is 12.6. The number of nitrogens with zero attached hydrogens (tertiary/aromatic N) is 8. The number of amides is 1. The van der Waals surface area contributed by atoms with E-state index in [4.69, 9.17) is 14.5 Å². The number of ether oxygens (including phenoxy) is 2. The molecule has 6 aromatic rings. The van der Waals surface area contributed by atoms with Gasteiger partial charge >= 0.3 is 0 Å². The van der Waals surface area contributed by atoms with Crippen LogP contribution in [0.25, 0.3) is 10.9 Å². The third-order valence-electron chi connectivity index (χ3n) is 8.77. The lowest BCUT2D eigenvalue weighted by atomic mass is 10.1. The fourth-order valence-corrected chi connectivity index (χ4v) is 5.90. The lowest BCUT2D eigenvalue weighted by Gasteiger charge is -2.28. The van der Waals surface area contributed by atoms with Crippen LogP contribution in [0.15, 0.2) is 103 Å². The van der Waals surface area contributed by atoms with Crippen LogP contribution in [0.4, 0.5) is 11.6 Å². The van der Waals surface area contributed by atoms with Crippen LogP contribution in [0.2, 0.25) is 0 Å². The van der Waals surface area contributed by atoms with Crippen LogP contribution in [0.1, 0.15) is 51.5 Å². The van der Waals surface area contributed by atoms with E-state index in [0.29, 0.717) is 30.2 Å². The lowest BCUT2D eigenvalue weighted by Crippen LogP contribution is -2.34.